The second kappa shape index (κ2) is 8.92. The van der Waals surface area contributed by atoms with Gasteiger partial charge in [-0.1, -0.05) is 19.9 Å². The average molecular weight is 343 g/mol. The maximum absolute atomic E-state index is 13.0. The van der Waals surface area contributed by atoms with Crippen LogP contribution in [0.1, 0.15) is 36.2 Å². The first-order valence-electron chi connectivity index (χ1n) is 8.18. The number of nitrogens with one attached hydrogen (secondary N) is 2. The lowest BCUT2D eigenvalue weighted by molar-refractivity contribution is -0.123. The highest BCUT2D eigenvalue weighted by atomic mass is 19.1. The molecule has 0 aliphatic heterocycles. The lowest BCUT2D eigenvalue weighted by Crippen LogP contribution is -2.47. The fourth-order valence-electron chi connectivity index (χ4n) is 2.36. The van der Waals surface area contributed by atoms with Crippen LogP contribution >= 0.6 is 0 Å². The van der Waals surface area contributed by atoms with Crippen LogP contribution in [0, 0.1) is 11.7 Å². The summed E-state index contributed by atoms with van der Waals surface area (Å²) in [6.45, 7) is 4.30. The fraction of sp³-hybridized carbons (Fsp3) is 0.316. The molecule has 132 valence electrons. The molecule has 1 heterocycles. The number of pyridine rings is 1. The molecule has 0 aliphatic rings. The van der Waals surface area contributed by atoms with Crippen molar-refractivity contribution in [1.82, 2.24) is 15.6 Å². The first-order chi connectivity index (χ1) is 12.0. The molecule has 2 amide bonds. The average Bonchev–Trinajstić information content (AvgIpc) is 2.60. The van der Waals surface area contributed by atoms with Crippen molar-refractivity contribution in [2.45, 2.75) is 32.9 Å². The van der Waals surface area contributed by atoms with Gasteiger partial charge in [0.05, 0.1) is 0 Å². The van der Waals surface area contributed by atoms with E-state index in [9.17, 15) is 14.0 Å². The zero-order valence-corrected chi connectivity index (χ0v) is 14.3. The van der Waals surface area contributed by atoms with Gasteiger partial charge in [0.25, 0.3) is 5.91 Å². The molecule has 2 N–H and O–H groups in total. The monoisotopic (exact) mass is 343 g/mol. The molecule has 0 unspecified atom stereocenters. The molecule has 0 saturated heterocycles. The smallest absolute Gasteiger partial charge is 0.251 e. The molecule has 0 saturated carbocycles. The summed E-state index contributed by atoms with van der Waals surface area (Å²) >= 11 is 0. The largest absolute Gasteiger partial charge is 0.350 e. The summed E-state index contributed by atoms with van der Waals surface area (Å²) in [5.74, 6) is -0.845. The maximum atomic E-state index is 13.0. The third kappa shape index (κ3) is 5.99. The van der Waals surface area contributed by atoms with Crippen molar-refractivity contribution in [3.8, 4) is 0 Å². The highest BCUT2D eigenvalue weighted by Crippen LogP contribution is 2.08. The molecule has 0 radical (unpaired) electrons. The SMILES string of the molecule is CC(C)C[C@H](NC(=O)c1ccc(F)cc1)C(=O)NCc1cccnc1. The Bertz CT molecular complexity index is 702. The first-order valence-corrected chi connectivity index (χ1v) is 8.18. The summed E-state index contributed by atoms with van der Waals surface area (Å²) in [5, 5.41) is 5.55. The van der Waals surface area contributed by atoms with E-state index >= 15 is 0 Å². The predicted molar refractivity (Wildman–Crippen MR) is 93.2 cm³/mol. The van der Waals surface area contributed by atoms with Crippen LogP contribution in [0.4, 0.5) is 4.39 Å². The number of carbonyl (C=O) groups is 2. The van der Waals surface area contributed by atoms with Crippen LogP contribution < -0.4 is 10.6 Å². The molecule has 1 atom stereocenters. The van der Waals surface area contributed by atoms with Gasteiger partial charge in [-0.15, -0.1) is 0 Å². The summed E-state index contributed by atoms with van der Waals surface area (Å²) in [4.78, 5) is 28.8. The standard InChI is InChI=1S/C19H22FN3O2/c1-13(2)10-17(19(25)22-12-14-4-3-9-21-11-14)23-18(24)15-5-7-16(20)8-6-15/h3-9,11,13,17H,10,12H2,1-2H3,(H,22,25)(H,23,24)/t17-/m0/s1. The Morgan fingerprint density at radius 1 is 1.16 bits per heavy atom. The van der Waals surface area contributed by atoms with E-state index in [-0.39, 0.29) is 11.8 Å². The summed E-state index contributed by atoms with van der Waals surface area (Å²) in [6.07, 6.45) is 3.84. The normalized spacial score (nSPS) is 11.8. The Balaban J connectivity index is 2.00. The van der Waals surface area contributed by atoms with Crippen molar-refractivity contribution in [2.24, 2.45) is 5.92 Å². The van der Waals surface area contributed by atoms with E-state index in [1.54, 1.807) is 18.5 Å². The van der Waals surface area contributed by atoms with Crippen LogP contribution in [0.15, 0.2) is 48.8 Å². The number of halogens is 1. The highest BCUT2D eigenvalue weighted by Gasteiger charge is 2.22. The number of carbonyl (C=O) groups excluding carboxylic acids is 2. The summed E-state index contributed by atoms with van der Waals surface area (Å²) in [5.41, 5.74) is 1.19. The van der Waals surface area contributed by atoms with Crippen molar-refractivity contribution in [3.05, 3.63) is 65.7 Å². The number of hydrogen-bond acceptors (Lipinski definition) is 3. The van der Waals surface area contributed by atoms with E-state index < -0.39 is 17.8 Å². The molecule has 0 spiro atoms. The molecule has 2 rings (SSSR count). The van der Waals surface area contributed by atoms with E-state index in [2.05, 4.69) is 15.6 Å². The molecule has 0 fully saturated rings. The predicted octanol–water partition coefficient (Wildman–Crippen LogP) is 2.68. The topological polar surface area (TPSA) is 71.1 Å². The van der Waals surface area contributed by atoms with Gasteiger partial charge in [0.2, 0.25) is 5.91 Å². The van der Waals surface area contributed by atoms with E-state index in [0.717, 1.165) is 5.56 Å². The Morgan fingerprint density at radius 3 is 2.48 bits per heavy atom. The van der Waals surface area contributed by atoms with Crippen molar-refractivity contribution in [3.63, 3.8) is 0 Å². The minimum Gasteiger partial charge on any atom is -0.350 e. The molecule has 6 heteroatoms. The van der Waals surface area contributed by atoms with Gasteiger partial charge in [-0.3, -0.25) is 14.6 Å². The van der Waals surface area contributed by atoms with Gasteiger partial charge in [0.15, 0.2) is 0 Å². The first kappa shape index (κ1) is 18.6. The van der Waals surface area contributed by atoms with Gasteiger partial charge in [-0.25, -0.2) is 4.39 Å². The van der Waals surface area contributed by atoms with Crippen molar-refractivity contribution in [1.29, 1.82) is 0 Å². The van der Waals surface area contributed by atoms with Gasteiger partial charge in [0.1, 0.15) is 11.9 Å². The molecular weight excluding hydrogens is 321 g/mol. The van der Waals surface area contributed by atoms with Crippen LogP contribution in [0.3, 0.4) is 0 Å². The van der Waals surface area contributed by atoms with Crippen molar-refractivity contribution >= 4 is 11.8 Å². The third-order valence-corrected chi connectivity index (χ3v) is 3.62. The number of nitrogens with zero attached hydrogens (tertiary/aromatic N) is 1. The van der Waals surface area contributed by atoms with E-state index in [1.807, 2.05) is 19.9 Å². The second-order valence-corrected chi connectivity index (χ2v) is 6.24. The molecular formula is C19H22FN3O2. The minimum atomic E-state index is -0.658. The Labute approximate surface area is 146 Å². The summed E-state index contributed by atoms with van der Waals surface area (Å²) in [6, 6.07) is 8.22. The van der Waals surface area contributed by atoms with Gasteiger partial charge < -0.3 is 10.6 Å². The number of benzene rings is 1. The molecule has 5 nitrogen and oxygen atoms in total. The Hall–Kier alpha value is -2.76. The van der Waals surface area contributed by atoms with Crippen LogP contribution in [0.25, 0.3) is 0 Å². The lowest BCUT2D eigenvalue weighted by atomic mass is 10.0. The van der Waals surface area contributed by atoms with Gasteiger partial charge in [0, 0.05) is 24.5 Å². The second-order valence-electron chi connectivity index (χ2n) is 6.24. The van der Waals surface area contributed by atoms with Gasteiger partial charge in [-0.05, 0) is 48.2 Å². The molecule has 2 aromatic rings. The Kier molecular flexibility index (Phi) is 6.62. The molecule has 1 aromatic heterocycles. The summed E-state index contributed by atoms with van der Waals surface area (Å²) < 4.78 is 13.0. The van der Waals surface area contributed by atoms with Gasteiger partial charge >= 0.3 is 0 Å². The molecule has 1 aromatic carbocycles. The molecule has 0 bridgehead atoms. The molecule has 25 heavy (non-hydrogen) atoms. The zero-order valence-electron chi connectivity index (χ0n) is 14.3. The maximum Gasteiger partial charge on any atom is 0.251 e. The van der Waals surface area contributed by atoms with Crippen LogP contribution in [0.5, 0.6) is 0 Å². The number of rotatable bonds is 7. The van der Waals surface area contributed by atoms with Crippen molar-refractivity contribution in [2.75, 3.05) is 0 Å². The fourth-order valence-corrected chi connectivity index (χ4v) is 2.36. The number of hydrogen-bond donors (Lipinski definition) is 2. The van der Waals surface area contributed by atoms with E-state index in [1.165, 1.54) is 24.3 Å². The van der Waals surface area contributed by atoms with Crippen LogP contribution in [-0.2, 0) is 11.3 Å². The number of amides is 2. The van der Waals surface area contributed by atoms with Crippen molar-refractivity contribution < 1.29 is 14.0 Å². The quantitative estimate of drug-likeness (QED) is 0.812. The Morgan fingerprint density at radius 2 is 1.88 bits per heavy atom. The third-order valence-electron chi connectivity index (χ3n) is 3.62. The van der Waals surface area contributed by atoms with Crippen LogP contribution in [-0.4, -0.2) is 22.8 Å². The minimum absolute atomic E-state index is 0.225. The number of aromatic nitrogens is 1. The van der Waals surface area contributed by atoms with E-state index in [0.29, 0.717) is 18.5 Å². The lowest BCUT2D eigenvalue weighted by Gasteiger charge is -2.20. The summed E-state index contributed by atoms with van der Waals surface area (Å²) in [7, 11) is 0. The molecule has 0 aliphatic carbocycles. The zero-order chi connectivity index (χ0) is 18.2. The van der Waals surface area contributed by atoms with E-state index in [4.69, 9.17) is 0 Å². The van der Waals surface area contributed by atoms with Gasteiger partial charge in [-0.2, -0.15) is 0 Å². The van der Waals surface area contributed by atoms with Crippen LogP contribution in [0.2, 0.25) is 0 Å². The highest BCUT2D eigenvalue weighted by molar-refractivity contribution is 5.97.